The monoisotopic (exact) mass is 292 g/mol. The second kappa shape index (κ2) is 5.81. The van der Waals surface area contributed by atoms with Crippen LogP contribution in [0.3, 0.4) is 0 Å². The zero-order valence-corrected chi connectivity index (χ0v) is 11.5. The molecule has 0 spiro atoms. The third kappa shape index (κ3) is 3.21. The molecule has 1 aromatic carbocycles. The number of carbonyl (C=O) groups is 2. The van der Waals surface area contributed by atoms with Crippen molar-refractivity contribution in [1.29, 1.82) is 0 Å². The highest BCUT2D eigenvalue weighted by atomic mass is 19.1. The molecule has 2 aliphatic rings. The molecule has 1 aromatic rings. The summed E-state index contributed by atoms with van der Waals surface area (Å²) in [6.07, 6.45) is 0.567. The van der Waals surface area contributed by atoms with Crippen molar-refractivity contribution in [2.75, 3.05) is 31.6 Å². The highest BCUT2D eigenvalue weighted by Gasteiger charge is 2.49. The summed E-state index contributed by atoms with van der Waals surface area (Å²) in [6.45, 7) is 2.29. The predicted molar refractivity (Wildman–Crippen MR) is 74.0 cm³/mol. The molecule has 0 aromatic heterocycles. The number of morpholine rings is 1. The SMILES string of the molecule is O=C(Nc1cccc(F)c1)C1CC1C(=O)N1CCOCC1. The van der Waals surface area contributed by atoms with E-state index in [1.165, 1.54) is 18.2 Å². The van der Waals surface area contributed by atoms with E-state index in [9.17, 15) is 14.0 Å². The van der Waals surface area contributed by atoms with Crippen LogP contribution in [0.2, 0.25) is 0 Å². The summed E-state index contributed by atoms with van der Waals surface area (Å²) >= 11 is 0. The zero-order valence-electron chi connectivity index (χ0n) is 11.5. The summed E-state index contributed by atoms with van der Waals surface area (Å²) in [4.78, 5) is 26.0. The van der Waals surface area contributed by atoms with E-state index in [-0.39, 0.29) is 23.7 Å². The first kappa shape index (κ1) is 14.0. The highest BCUT2D eigenvalue weighted by molar-refractivity contribution is 5.99. The molecule has 112 valence electrons. The summed E-state index contributed by atoms with van der Waals surface area (Å²) in [5.41, 5.74) is 0.421. The molecule has 0 radical (unpaired) electrons. The van der Waals surface area contributed by atoms with Crippen LogP contribution >= 0.6 is 0 Å². The van der Waals surface area contributed by atoms with Gasteiger partial charge in [0.2, 0.25) is 11.8 Å². The summed E-state index contributed by atoms with van der Waals surface area (Å²) in [7, 11) is 0. The lowest BCUT2D eigenvalue weighted by Gasteiger charge is -2.27. The lowest BCUT2D eigenvalue weighted by Crippen LogP contribution is -2.42. The minimum atomic E-state index is -0.399. The van der Waals surface area contributed by atoms with Crippen LogP contribution < -0.4 is 5.32 Å². The Labute approximate surface area is 122 Å². The van der Waals surface area contributed by atoms with E-state index in [1.54, 1.807) is 11.0 Å². The number of rotatable bonds is 3. The van der Waals surface area contributed by atoms with E-state index in [0.717, 1.165) is 0 Å². The quantitative estimate of drug-likeness (QED) is 0.912. The first-order valence-electron chi connectivity index (χ1n) is 7.08. The van der Waals surface area contributed by atoms with Crippen LogP contribution in [-0.2, 0) is 14.3 Å². The van der Waals surface area contributed by atoms with Crippen LogP contribution in [0.5, 0.6) is 0 Å². The number of amides is 2. The van der Waals surface area contributed by atoms with Crippen molar-refractivity contribution in [2.24, 2.45) is 11.8 Å². The molecule has 1 aliphatic heterocycles. The smallest absolute Gasteiger partial charge is 0.228 e. The minimum Gasteiger partial charge on any atom is -0.378 e. The van der Waals surface area contributed by atoms with Crippen molar-refractivity contribution in [2.45, 2.75) is 6.42 Å². The van der Waals surface area contributed by atoms with Gasteiger partial charge in [0.25, 0.3) is 0 Å². The molecule has 21 heavy (non-hydrogen) atoms. The normalized spacial score (nSPS) is 24.5. The second-order valence-corrected chi connectivity index (χ2v) is 5.39. The van der Waals surface area contributed by atoms with Crippen molar-refractivity contribution in [1.82, 2.24) is 4.90 Å². The summed E-state index contributed by atoms with van der Waals surface area (Å²) in [6, 6.07) is 5.74. The molecule has 2 amide bonds. The average molecular weight is 292 g/mol. The Balaban J connectivity index is 1.54. The van der Waals surface area contributed by atoms with E-state index < -0.39 is 5.82 Å². The third-order valence-corrected chi connectivity index (χ3v) is 3.86. The molecule has 3 rings (SSSR count). The van der Waals surface area contributed by atoms with Gasteiger partial charge < -0.3 is 15.0 Å². The first-order valence-corrected chi connectivity index (χ1v) is 7.08. The molecule has 0 bridgehead atoms. The fourth-order valence-corrected chi connectivity index (χ4v) is 2.58. The Bertz CT molecular complexity index is 558. The summed E-state index contributed by atoms with van der Waals surface area (Å²) in [5.74, 6) is -1.13. The van der Waals surface area contributed by atoms with E-state index in [4.69, 9.17) is 4.74 Å². The molecule has 1 aliphatic carbocycles. The molecule has 2 fully saturated rings. The standard InChI is InChI=1S/C15H17FN2O3/c16-10-2-1-3-11(8-10)17-14(19)12-9-13(12)15(20)18-4-6-21-7-5-18/h1-3,8,12-13H,4-7,9H2,(H,17,19). The van der Waals surface area contributed by atoms with E-state index in [2.05, 4.69) is 5.32 Å². The minimum absolute atomic E-state index is 0.0256. The molecule has 2 atom stereocenters. The first-order chi connectivity index (χ1) is 10.1. The van der Waals surface area contributed by atoms with Crippen LogP contribution in [0.15, 0.2) is 24.3 Å². The van der Waals surface area contributed by atoms with Crippen LogP contribution in [0.1, 0.15) is 6.42 Å². The van der Waals surface area contributed by atoms with E-state index in [0.29, 0.717) is 38.4 Å². The Morgan fingerprint density at radius 2 is 2.00 bits per heavy atom. The van der Waals surface area contributed by atoms with Crippen molar-refractivity contribution in [3.63, 3.8) is 0 Å². The van der Waals surface area contributed by atoms with Gasteiger partial charge in [-0.3, -0.25) is 9.59 Å². The predicted octanol–water partition coefficient (Wildman–Crippen LogP) is 1.26. The fourth-order valence-electron chi connectivity index (χ4n) is 2.58. The molecular formula is C15H17FN2O3. The van der Waals surface area contributed by atoms with Gasteiger partial charge in [-0.2, -0.15) is 0 Å². The maximum Gasteiger partial charge on any atom is 0.228 e. The van der Waals surface area contributed by atoms with Crippen LogP contribution in [-0.4, -0.2) is 43.0 Å². The maximum atomic E-state index is 13.1. The number of anilines is 1. The highest BCUT2D eigenvalue weighted by Crippen LogP contribution is 2.41. The molecule has 6 heteroatoms. The lowest BCUT2D eigenvalue weighted by atomic mass is 10.2. The number of halogens is 1. The third-order valence-electron chi connectivity index (χ3n) is 3.86. The second-order valence-electron chi connectivity index (χ2n) is 5.39. The number of carbonyl (C=O) groups excluding carboxylic acids is 2. The summed E-state index contributed by atoms with van der Waals surface area (Å²) < 4.78 is 18.3. The number of nitrogens with one attached hydrogen (secondary N) is 1. The molecule has 1 N–H and O–H groups in total. The Hall–Kier alpha value is -1.95. The largest absolute Gasteiger partial charge is 0.378 e. The van der Waals surface area contributed by atoms with Crippen LogP contribution in [0.25, 0.3) is 0 Å². The van der Waals surface area contributed by atoms with E-state index >= 15 is 0 Å². The van der Waals surface area contributed by atoms with Gasteiger partial charge in [-0.1, -0.05) is 6.07 Å². The number of nitrogens with zero attached hydrogens (tertiary/aromatic N) is 1. The van der Waals surface area contributed by atoms with Crippen molar-refractivity contribution >= 4 is 17.5 Å². The molecule has 1 saturated heterocycles. The van der Waals surface area contributed by atoms with Gasteiger partial charge in [0.05, 0.1) is 25.0 Å². The molecule has 1 heterocycles. The van der Waals surface area contributed by atoms with Gasteiger partial charge in [-0.05, 0) is 24.6 Å². The van der Waals surface area contributed by atoms with E-state index in [1.807, 2.05) is 0 Å². The van der Waals surface area contributed by atoms with Crippen molar-refractivity contribution in [3.8, 4) is 0 Å². The van der Waals surface area contributed by atoms with Gasteiger partial charge >= 0.3 is 0 Å². The summed E-state index contributed by atoms with van der Waals surface area (Å²) in [5, 5.41) is 2.66. The topological polar surface area (TPSA) is 58.6 Å². The number of hydrogen-bond donors (Lipinski definition) is 1. The fraction of sp³-hybridized carbons (Fsp3) is 0.467. The molecule has 1 saturated carbocycles. The Morgan fingerprint density at radius 1 is 1.24 bits per heavy atom. The van der Waals surface area contributed by atoms with Gasteiger partial charge in [0.1, 0.15) is 5.82 Å². The Morgan fingerprint density at radius 3 is 2.71 bits per heavy atom. The Kier molecular flexibility index (Phi) is 3.88. The molecule has 5 nitrogen and oxygen atoms in total. The van der Waals surface area contributed by atoms with Crippen LogP contribution in [0, 0.1) is 17.7 Å². The average Bonchev–Trinajstić information content (AvgIpc) is 3.28. The maximum absolute atomic E-state index is 13.1. The number of benzene rings is 1. The molecule has 2 unspecified atom stereocenters. The number of ether oxygens (including phenoxy) is 1. The van der Waals surface area contributed by atoms with Gasteiger partial charge in [-0.15, -0.1) is 0 Å². The van der Waals surface area contributed by atoms with Gasteiger partial charge in [-0.25, -0.2) is 4.39 Å². The van der Waals surface area contributed by atoms with Crippen molar-refractivity contribution in [3.05, 3.63) is 30.1 Å². The van der Waals surface area contributed by atoms with Gasteiger partial charge in [0, 0.05) is 18.8 Å². The van der Waals surface area contributed by atoms with Crippen molar-refractivity contribution < 1.29 is 18.7 Å². The molecular weight excluding hydrogens is 275 g/mol. The lowest BCUT2D eigenvalue weighted by molar-refractivity contribution is -0.137. The number of hydrogen-bond acceptors (Lipinski definition) is 3. The zero-order chi connectivity index (χ0) is 14.8. The van der Waals surface area contributed by atoms with Crippen LogP contribution in [0.4, 0.5) is 10.1 Å². The van der Waals surface area contributed by atoms with Gasteiger partial charge in [0.15, 0.2) is 0 Å².